The Kier molecular flexibility index (Phi) is 8.91. The van der Waals surface area contributed by atoms with Crippen LogP contribution in [-0.2, 0) is 19.3 Å². The number of aromatic carboxylic acids is 1. The molecule has 1 N–H and O–H groups in total. The van der Waals surface area contributed by atoms with Crippen LogP contribution >= 0.6 is 18.7 Å². The first-order valence-electron chi connectivity index (χ1n) is 13.9. The van der Waals surface area contributed by atoms with Gasteiger partial charge in [-0.05, 0) is 80.9 Å². The Bertz CT molecular complexity index is 1170. The van der Waals surface area contributed by atoms with Gasteiger partial charge in [0.15, 0.2) is 0 Å². The van der Waals surface area contributed by atoms with E-state index in [0.29, 0.717) is 42.6 Å². The van der Waals surface area contributed by atoms with Gasteiger partial charge in [-0.3, -0.25) is 9.36 Å². The first kappa shape index (κ1) is 29.0. The number of rotatable bonds is 7. The van der Waals surface area contributed by atoms with Crippen molar-refractivity contribution in [3.63, 3.8) is 0 Å². The van der Waals surface area contributed by atoms with Crippen molar-refractivity contribution in [1.82, 2.24) is 0 Å². The molecule has 1 aromatic carbocycles. The minimum atomic E-state index is -2.95. The smallest absolute Gasteiger partial charge is 0.348 e. The quantitative estimate of drug-likeness (QED) is 0.356. The molecule has 0 spiro atoms. The largest absolute Gasteiger partial charge is 0.477 e. The van der Waals surface area contributed by atoms with Crippen LogP contribution in [-0.4, -0.2) is 35.8 Å². The van der Waals surface area contributed by atoms with E-state index < -0.39 is 13.3 Å². The minimum Gasteiger partial charge on any atom is -0.477 e. The van der Waals surface area contributed by atoms with E-state index in [9.17, 15) is 19.3 Å². The van der Waals surface area contributed by atoms with Gasteiger partial charge in [-0.2, -0.15) is 0 Å². The van der Waals surface area contributed by atoms with E-state index in [1.165, 1.54) is 11.3 Å². The molecule has 2 saturated carbocycles. The number of benzene rings is 1. The average Bonchev–Trinajstić information content (AvgIpc) is 3.32. The molecule has 1 atom stereocenters. The van der Waals surface area contributed by atoms with E-state index in [1.54, 1.807) is 6.66 Å². The second-order valence-corrected chi connectivity index (χ2v) is 15.7. The maximum atomic E-state index is 14.1. The highest BCUT2D eigenvalue weighted by atomic mass is 32.1. The molecule has 38 heavy (non-hydrogen) atoms. The zero-order valence-electron chi connectivity index (χ0n) is 23.3. The molecule has 1 heterocycles. The first-order valence-corrected chi connectivity index (χ1v) is 16.8. The Hall–Kier alpha value is -1.95. The first-order chi connectivity index (χ1) is 17.9. The van der Waals surface area contributed by atoms with Crippen molar-refractivity contribution in [2.45, 2.75) is 96.6 Å². The van der Waals surface area contributed by atoms with Crippen molar-refractivity contribution >= 4 is 41.6 Å². The lowest BCUT2D eigenvalue weighted by atomic mass is 9.81. The normalized spacial score (nSPS) is 25.9. The molecule has 0 bridgehead atoms. The fraction of sp³-hybridized carbons (Fsp3) is 0.600. The van der Waals surface area contributed by atoms with Gasteiger partial charge in [0.1, 0.15) is 4.88 Å². The number of amides is 1. The van der Waals surface area contributed by atoms with Crippen LogP contribution in [0, 0.1) is 11.8 Å². The predicted molar refractivity (Wildman–Crippen MR) is 155 cm³/mol. The van der Waals surface area contributed by atoms with Gasteiger partial charge in [-0.15, -0.1) is 11.3 Å². The molecular formula is C30H42NO5PS. The number of carboxylic acid groups (broad SMARTS) is 1. The molecule has 1 unspecified atom stereocenters. The maximum absolute atomic E-state index is 14.1. The van der Waals surface area contributed by atoms with Gasteiger partial charge in [-0.1, -0.05) is 45.9 Å². The summed E-state index contributed by atoms with van der Waals surface area (Å²) in [4.78, 5) is 29.5. The fourth-order valence-electron chi connectivity index (χ4n) is 5.74. The summed E-state index contributed by atoms with van der Waals surface area (Å²) >= 11 is 1.28. The number of carbonyl (C=O) groups is 2. The third-order valence-electron chi connectivity index (χ3n) is 8.09. The van der Waals surface area contributed by atoms with Gasteiger partial charge in [-0.25, -0.2) is 4.79 Å². The molecule has 2 aromatic rings. The number of carboxylic acids is 1. The second-order valence-electron chi connectivity index (χ2n) is 12.3. The van der Waals surface area contributed by atoms with E-state index in [1.807, 2.05) is 41.3 Å². The van der Waals surface area contributed by atoms with Crippen molar-refractivity contribution in [3.8, 4) is 0 Å². The zero-order valence-corrected chi connectivity index (χ0v) is 25.0. The van der Waals surface area contributed by atoms with Gasteiger partial charge >= 0.3 is 5.97 Å². The highest BCUT2D eigenvalue weighted by Gasteiger charge is 2.39. The number of nitrogens with zero attached hydrogens (tertiary/aromatic N) is 1. The van der Waals surface area contributed by atoms with E-state index >= 15 is 0 Å². The summed E-state index contributed by atoms with van der Waals surface area (Å²) in [6, 6.07) is 11.2. The van der Waals surface area contributed by atoms with Gasteiger partial charge in [0.05, 0.1) is 11.8 Å². The Morgan fingerprint density at radius 3 is 2.16 bits per heavy atom. The van der Waals surface area contributed by atoms with Gasteiger partial charge < -0.3 is 14.5 Å². The number of hydrogen-bond donors (Lipinski definition) is 1. The van der Waals surface area contributed by atoms with Crippen molar-refractivity contribution in [3.05, 3.63) is 46.2 Å². The molecule has 6 nitrogen and oxygen atoms in total. The summed E-state index contributed by atoms with van der Waals surface area (Å²) in [5, 5.41) is 10.8. The molecular weight excluding hydrogens is 517 g/mol. The van der Waals surface area contributed by atoms with Crippen LogP contribution in [0.3, 0.4) is 0 Å². The monoisotopic (exact) mass is 559 g/mol. The zero-order chi connectivity index (χ0) is 27.7. The fourth-order valence-corrected chi connectivity index (χ4v) is 8.40. The van der Waals surface area contributed by atoms with E-state index in [-0.39, 0.29) is 34.3 Å². The van der Waals surface area contributed by atoms with Crippen molar-refractivity contribution < 1.29 is 23.8 Å². The van der Waals surface area contributed by atoms with Crippen molar-refractivity contribution in [2.24, 2.45) is 11.8 Å². The number of carbonyl (C=O) groups excluding carboxylic acids is 1. The molecule has 208 valence electrons. The Morgan fingerprint density at radius 2 is 1.61 bits per heavy atom. The number of anilines is 1. The topological polar surface area (TPSA) is 83.9 Å². The minimum absolute atomic E-state index is 0.0625. The molecule has 0 aliphatic heterocycles. The lowest BCUT2D eigenvalue weighted by Gasteiger charge is -2.40. The highest BCUT2D eigenvalue weighted by molar-refractivity contribution is 7.66. The molecule has 2 aliphatic rings. The van der Waals surface area contributed by atoms with Crippen LogP contribution in [0.2, 0.25) is 0 Å². The summed E-state index contributed by atoms with van der Waals surface area (Å²) in [7, 11) is -2.95. The van der Waals surface area contributed by atoms with Crippen LogP contribution in [0.25, 0.3) is 0 Å². The van der Waals surface area contributed by atoms with Gasteiger partial charge in [0.25, 0.3) is 0 Å². The van der Waals surface area contributed by atoms with Gasteiger partial charge in [0.2, 0.25) is 13.3 Å². The van der Waals surface area contributed by atoms with Crippen LogP contribution in [0.4, 0.5) is 5.69 Å². The van der Waals surface area contributed by atoms with E-state index in [0.717, 1.165) is 30.6 Å². The Morgan fingerprint density at radius 1 is 1.00 bits per heavy atom. The third kappa shape index (κ3) is 6.60. The van der Waals surface area contributed by atoms with E-state index in [2.05, 4.69) is 27.7 Å². The molecule has 1 amide bonds. The Labute approximate surface area is 231 Å². The number of thiophene rings is 1. The van der Waals surface area contributed by atoms with Crippen LogP contribution < -0.4 is 10.2 Å². The maximum Gasteiger partial charge on any atom is 0.348 e. The van der Waals surface area contributed by atoms with Gasteiger partial charge in [0, 0.05) is 28.8 Å². The lowest BCUT2D eigenvalue weighted by Crippen LogP contribution is -2.47. The predicted octanol–water partition coefficient (Wildman–Crippen LogP) is 7.46. The van der Waals surface area contributed by atoms with Crippen molar-refractivity contribution in [1.29, 1.82) is 0 Å². The molecule has 1 aromatic heterocycles. The van der Waals surface area contributed by atoms with Crippen molar-refractivity contribution in [2.75, 3.05) is 11.6 Å². The summed E-state index contributed by atoms with van der Waals surface area (Å²) < 4.78 is 19.5. The molecule has 0 radical (unpaired) electrons. The SMILES string of the molecule is CC(C)(C)c1cc(N(C(=O)[C@H]2CC[C@H](C)CC2)[C@H]2CC[C@H](OP(C)(=O)c3ccccc3)CC2)c(C(=O)O)s1. The van der Waals surface area contributed by atoms with Crippen LogP contribution in [0.5, 0.6) is 0 Å². The molecule has 0 saturated heterocycles. The summed E-state index contributed by atoms with van der Waals surface area (Å²) in [5.41, 5.74) is 0.332. The second kappa shape index (κ2) is 11.7. The number of hydrogen-bond acceptors (Lipinski definition) is 5. The summed E-state index contributed by atoms with van der Waals surface area (Å²) in [6.07, 6.45) is 6.34. The highest BCUT2D eigenvalue weighted by Crippen LogP contribution is 2.46. The summed E-state index contributed by atoms with van der Waals surface area (Å²) in [5.74, 6) is -0.374. The van der Waals surface area contributed by atoms with Crippen LogP contribution in [0.1, 0.15) is 93.6 Å². The average molecular weight is 560 g/mol. The third-order valence-corrected chi connectivity index (χ3v) is 11.6. The van der Waals surface area contributed by atoms with Crippen LogP contribution in [0.15, 0.2) is 36.4 Å². The standard InChI is InChI=1S/C30H42NO5PS/c1-20-11-13-21(14-12-20)28(32)31(25-19-26(30(2,3)4)38-27(25)29(33)34)22-15-17-23(18-16-22)36-37(5,35)24-9-7-6-8-10-24/h6-10,19-23H,11-18H2,1-5H3,(H,33,34)/t20-,21-,22-,23-,37?. The molecule has 8 heteroatoms. The Balaban J connectivity index is 1.58. The van der Waals surface area contributed by atoms with E-state index in [4.69, 9.17) is 4.52 Å². The summed E-state index contributed by atoms with van der Waals surface area (Å²) in [6.45, 7) is 10.1. The lowest BCUT2D eigenvalue weighted by molar-refractivity contribution is -0.124. The molecule has 2 fully saturated rings. The molecule has 4 rings (SSSR count). The molecule has 2 aliphatic carbocycles.